The standard InChI is InChI=1S/C11H17ClN4/c1-15(6-7-16-4-2-3-5-16)11-10(12)8-13-9-14-11/h8-9H,2-7H2,1H3. The second kappa shape index (κ2) is 5.46. The lowest BCUT2D eigenvalue weighted by Crippen LogP contribution is -2.31. The minimum atomic E-state index is 0.617. The van der Waals surface area contributed by atoms with E-state index in [4.69, 9.17) is 11.6 Å². The Labute approximate surface area is 101 Å². The molecule has 0 atom stereocenters. The first-order valence-electron chi connectivity index (χ1n) is 5.66. The third kappa shape index (κ3) is 2.83. The molecule has 0 radical (unpaired) electrons. The van der Waals surface area contributed by atoms with Crippen LogP contribution in [0.15, 0.2) is 12.5 Å². The number of aromatic nitrogens is 2. The summed E-state index contributed by atoms with van der Waals surface area (Å²) in [6.45, 7) is 4.49. The maximum absolute atomic E-state index is 6.03. The highest BCUT2D eigenvalue weighted by Crippen LogP contribution is 2.19. The zero-order chi connectivity index (χ0) is 11.4. The summed E-state index contributed by atoms with van der Waals surface area (Å²) in [5, 5.41) is 0.617. The summed E-state index contributed by atoms with van der Waals surface area (Å²) in [5.74, 6) is 0.816. The summed E-state index contributed by atoms with van der Waals surface area (Å²) in [4.78, 5) is 12.6. The molecule has 2 heterocycles. The van der Waals surface area contributed by atoms with Crippen molar-refractivity contribution in [2.75, 3.05) is 38.1 Å². The quantitative estimate of drug-likeness (QED) is 0.802. The molecular formula is C11H17ClN4. The number of likely N-dealkylation sites (tertiary alicyclic amines) is 1. The first-order valence-corrected chi connectivity index (χ1v) is 6.04. The van der Waals surface area contributed by atoms with E-state index in [0.717, 1.165) is 18.9 Å². The van der Waals surface area contributed by atoms with Gasteiger partial charge in [-0.05, 0) is 25.9 Å². The van der Waals surface area contributed by atoms with Crippen LogP contribution >= 0.6 is 11.6 Å². The van der Waals surface area contributed by atoms with Crippen LogP contribution in [0.25, 0.3) is 0 Å². The Morgan fingerprint density at radius 3 is 2.88 bits per heavy atom. The Balaban J connectivity index is 1.87. The highest BCUT2D eigenvalue weighted by Gasteiger charge is 2.13. The summed E-state index contributed by atoms with van der Waals surface area (Å²) in [5.41, 5.74) is 0. The summed E-state index contributed by atoms with van der Waals surface area (Å²) in [7, 11) is 2.02. The van der Waals surface area contributed by atoms with E-state index in [1.807, 2.05) is 7.05 Å². The SMILES string of the molecule is CN(CCN1CCCC1)c1ncncc1Cl. The van der Waals surface area contributed by atoms with Crippen molar-refractivity contribution >= 4 is 17.4 Å². The molecule has 0 saturated carbocycles. The van der Waals surface area contributed by atoms with Crippen molar-refractivity contribution in [1.82, 2.24) is 14.9 Å². The molecule has 4 nitrogen and oxygen atoms in total. The van der Waals surface area contributed by atoms with Crippen LogP contribution in [0.5, 0.6) is 0 Å². The van der Waals surface area contributed by atoms with Crippen LogP contribution in [0.1, 0.15) is 12.8 Å². The second-order valence-electron chi connectivity index (χ2n) is 4.16. The van der Waals surface area contributed by atoms with E-state index in [0.29, 0.717) is 5.02 Å². The molecule has 0 spiro atoms. The molecule has 1 aromatic rings. The van der Waals surface area contributed by atoms with Crippen LogP contribution < -0.4 is 4.90 Å². The van der Waals surface area contributed by atoms with Crippen LogP contribution in [0, 0.1) is 0 Å². The largest absolute Gasteiger partial charge is 0.357 e. The van der Waals surface area contributed by atoms with Gasteiger partial charge in [0.25, 0.3) is 0 Å². The van der Waals surface area contributed by atoms with Gasteiger partial charge < -0.3 is 9.80 Å². The Hall–Kier alpha value is -0.870. The van der Waals surface area contributed by atoms with Crippen molar-refractivity contribution in [3.8, 4) is 0 Å². The normalized spacial score (nSPS) is 16.6. The Morgan fingerprint density at radius 2 is 2.19 bits per heavy atom. The maximum Gasteiger partial charge on any atom is 0.150 e. The van der Waals surface area contributed by atoms with E-state index in [2.05, 4.69) is 19.8 Å². The number of rotatable bonds is 4. The Kier molecular flexibility index (Phi) is 3.96. The number of likely N-dealkylation sites (N-methyl/N-ethyl adjacent to an activating group) is 1. The minimum absolute atomic E-state index is 0.617. The molecule has 2 rings (SSSR count). The predicted octanol–water partition coefficient (Wildman–Crippen LogP) is 1.66. The number of halogens is 1. The fourth-order valence-corrected chi connectivity index (χ4v) is 2.24. The first kappa shape index (κ1) is 11.6. The van der Waals surface area contributed by atoms with Gasteiger partial charge >= 0.3 is 0 Å². The molecule has 0 unspecified atom stereocenters. The molecule has 88 valence electrons. The van der Waals surface area contributed by atoms with Crippen molar-refractivity contribution in [3.05, 3.63) is 17.5 Å². The lowest BCUT2D eigenvalue weighted by molar-refractivity contribution is 0.346. The summed E-state index contributed by atoms with van der Waals surface area (Å²) in [6, 6.07) is 0. The van der Waals surface area contributed by atoms with Crippen LogP contribution in [-0.2, 0) is 0 Å². The van der Waals surface area contributed by atoms with Gasteiger partial charge in [-0.2, -0.15) is 0 Å². The van der Waals surface area contributed by atoms with Gasteiger partial charge in [-0.25, -0.2) is 9.97 Å². The van der Waals surface area contributed by atoms with Gasteiger partial charge in [0.2, 0.25) is 0 Å². The molecule has 0 aromatic carbocycles. The van der Waals surface area contributed by atoms with E-state index in [-0.39, 0.29) is 0 Å². The van der Waals surface area contributed by atoms with E-state index in [1.54, 1.807) is 6.20 Å². The van der Waals surface area contributed by atoms with Gasteiger partial charge in [0.1, 0.15) is 11.3 Å². The fraction of sp³-hybridized carbons (Fsp3) is 0.636. The predicted molar refractivity (Wildman–Crippen MR) is 66.0 cm³/mol. The molecule has 1 fully saturated rings. The van der Waals surface area contributed by atoms with Crippen LogP contribution in [-0.4, -0.2) is 48.1 Å². The van der Waals surface area contributed by atoms with Gasteiger partial charge in [-0.1, -0.05) is 11.6 Å². The van der Waals surface area contributed by atoms with E-state index in [9.17, 15) is 0 Å². The van der Waals surface area contributed by atoms with Crippen molar-refractivity contribution in [2.24, 2.45) is 0 Å². The molecule has 0 N–H and O–H groups in total. The molecule has 0 aliphatic carbocycles. The van der Waals surface area contributed by atoms with Gasteiger partial charge in [0, 0.05) is 20.1 Å². The lowest BCUT2D eigenvalue weighted by Gasteiger charge is -2.22. The average Bonchev–Trinajstić information content (AvgIpc) is 2.79. The molecule has 1 aliphatic rings. The van der Waals surface area contributed by atoms with Crippen molar-refractivity contribution in [3.63, 3.8) is 0 Å². The topological polar surface area (TPSA) is 32.3 Å². The van der Waals surface area contributed by atoms with Crippen LogP contribution in [0.4, 0.5) is 5.82 Å². The average molecular weight is 241 g/mol. The first-order chi connectivity index (χ1) is 7.77. The summed E-state index contributed by atoms with van der Waals surface area (Å²) in [6.07, 6.45) is 5.83. The Morgan fingerprint density at radius 1 is 1.44 bits per heavy atom. The number of hydrogen-bond acceptors (Lipinski definition) is 4. The molecule has 0 amide bonds. The smallest absolute Gasteiger partial charge is 0.150 e. The van der Waals surface area contributed by atoms with Crippen LogP contribution in [0.3, 0.4) is 0 Å². The molecular weight excluding hydrogens is 224 g/mol. The van der Waals surface area contributed by atoms with Gasteiger partial charge in [0.05, 0.1) is 6.20 Å². The maximum atomic E-state index is 6.03. The Bertz CT molecular complexity index is 339. The highest BCUT2D eigenvalue weighted by atomic mass is 35.5. The highest BCUT2D eigenvalue weighted by molar-refractivity contribution is 6.32. The molecule has 1 aliphatic heterocycles. The second-order valence-corrected chi connectivity index (χ2v) is 4.57. The molecule has 0 bridgehead atoms. The number of nitrogens with zero attached hydrogens (tertiary/aromatic N) is 4. The van der Waals surface area contributed by atoms with Crippen molar-refractivity contribution in [1.29, 1.82) is 0 Å². The summed E-state index contributed by atoms with van der Waals surface area (Å²) >= 11 is 6.03. The number of hydrogen-bond donors (Lipinski definition) is 0. The minimum Gasteiger partial charge on any atom is -0.357 e. The van der Waals surface area contributed by atoms with E-state index in [1.165, 1.54) is 32.3 Å². The van der Waals surface area contributed by atoms with E-state index >= 15 is 0 Å². The number of anilines is 1. The molecule has 5 heteroatoms. The van der Waals surface area contributed by atoms with Crippen LogP contribution in [0.2, 0.25) is 5.02 Å². The monoisotopic (exact) mass is 240 g/mol. The van der Waals surface area contributed by atoms with Crippen molar-refractivity contribution in [2.45, 2.75) is 12.8 Å². The third-order valence-corrected chi connectivity index (χ3v) is 3.23. The van der Waals surface area contributed by atoms with Gasteiger partial charge in [0.15, 0.2) is 5.82 Å². The zero-order valence-electron chi connectivity index (χ0n) is 9.56. The summed E-state index contributed by atoms with van der Waals surface area (Å²) < 4.78 is 0. The van der Waals surface area contributed by atoms with Gasteiger partial charge in [-0.3, -0.25) is 0 Å². The third-order valence-electron chi connectivity index (χ3n) is 2.96. The fourth-order valence-electron chi connectivity index (χ4n) is 1.99. The molecule has 1 aromatic heterocycles. The van der Waals surface area contributed by atoms with Crippen molar-refractivity contribution < 1.29 is 0 Å². The molecule has 16 heavy (non-hydrogen) atoms. The zero-order valence-corrected chi connectivity index (χ0v) is 10.3. The van der Waals surface area contributed by atoms with Gasteiger partial charge in [-0.15, -0.1) is 0 Å². The van der Waals surface area contributed by atoms with E-state index < -0.39 is 0 Å². The lowest BCUT2D eigenvalue weighted by atomic mass is 10.4. The molecule has 1 saturated heterocycles.